The van der Waals surface area contributed by atoms with Crippen molar-refractivity contribution in [2.75, 3.05) is 19.5 Å². The number of carbonyl (C=O) groups excluding carboxylic acids is 1. The van der Waals surface area contributed by atoms with Crippen LogP contribution in [0.1, 0.15) is 38.5 Å². The fourth-order valence-corrected chi connectivity index (χ4v) is 5.64. The van der Waals surface area contributed by atoms with Crippen LogP contribution in [-0.4, -0.2) is 30.8 Å². The van der Waals surface area contributed by atoms with Crippen LogP contribution in [0, 0.1) is 17.3 Å². The molecule has 4 saturated carbocycles. The van der Waals surface area contributed by atoms with Crippen molar-refractivity contribution in [3.63, 3.8) is 0 Å². The van der Waals surface area contributed by atoms with E-state index in [0.717, 1.165) is 25.7 Å². The zero-order valence-electron chi connectivity index (χ0n) is 14.3. The molecule has 130 valence electrons. The molecule has 1 amide bonds. The van der Waals surface area contributed by atoms with Crippen LogP contribution in [0.2, 0.25) is 0 Å². The lowest BCUT2D eigenvalue weighted by atomic mass is 9.47. The molecule has 2 N–H and O–H groups in total. The minimum atomic E-state index is -0.634. The van der Waals surface area contributed by atoms with Gasteiger partial charge in [-0.1, -0.05) is 0 Å². The summed E-state index contributed by atoms with van der Waals surface area (Å²) in [5.41, 5.74) is -0.402. The lowest BCUT2D eigenvalue weighted by Gasteiger charge is -2.59. The summed E-state index contributed by atoms with van der Waals surface area (Å²) < 4.78 is 10.6. The second-order valence-electron chi connectivity index (χ2n) is 7.99. The first-order valence-electron chi connectivity index (χ1n) is 8.71. The van der Waals surface area contributed by atoms with Crippen LogP contribution in [0.25, 0.3) is 0 Å². The molecule has 4 fully saturated rings. The van der Waals surface area contributed by atoms with Crippen LogP contribution in [0.5, 0.6) is 11.5 Å². The van der Waals surface area contributed by atoms with E-state index in [2.05, 4.69) is 5.32 Å². The average molecular weight is 331 g/mol. The maximum absolute atomic E-state index is 13.1. The number of ether oxygens (including phenoxy) is 2. The summed E-state index contributed by atoms with van der Waals surface area (Å²) in [6.07, 6.45) is 5.29. The Bertz CT molecular complexity index is 657. The van der Waals surface area contributed by atoms with Crippen molar-refractivity contribution >= 4 is 11.6 Å². The Morgan fingerprint density at radius 2 is 1.88 bits per heavy atom. The normalized spacial score (nSPS) is 36.5. The first-order chi connectivity index (χ1) is 11.5. The number of carbonyl (C=O) groups is 1. The summed E-state index contributed by atoms with van der Waals surface area (Å²) in [6.45, 7) is 0. The Kier molecular flexibility index (Phi) is 3.53. The predicted molar refractivity (Wildman–Crippen MR) is 90.2 cm³/mol. The summed E-state index contributed by atoms with van der Waals surface area (Å²) in [6, 6.07) is 5.39. The molecule has 24 heavy (non-hydrogen) atoms. The van der Waals surface area contributed by atoms with E-state index in [-0.39, 0.29) is 5.91 Å². The predicted octanol–water partition coefficient (Wildman–Crippen LogP) is 2.97. The number of hydrogen-bond donors (Lipinski definition) is 2. The fraction of sp³-hybridized carbons (Fsp3) is 0.632. The monoisotopic (exact) mass is 331 g/mol. The molecule has 4 aliphatic carbocycles. The molecule has 0 spiro atoms. The third-order valence-corrected chi connectivity index (χ3v) is 6.17. The largest absolute Gasteiger partial charge is 0.497 e. The van der Waals surface area contributed by atoms with Crippen molar-refractivity contribution < 1.29 is 19.4 Å². The highest BCUT2D eigenvalue weighted by molar-refractivity contribution is 5.97. The molecule has 5 nitrogen and oxygen atoms in total. The lowest BCUT2D eigenvalue weighted by molar-refractivity contribution is -0.174. The molecule has 2 unspecified atom stereocenters. The van der Waals surface area contributed by atoms with Gasteiger partial charge in [0.1, 0.15) is 11.5 Å². The lowest BCUT2D eigenvalue weighted by Crippen LogP contribution is -2.59. The van der Waals surface area contributed by atoms with E-state index in [1.807, 2.05) is 12.1 Å². The fourth-order valence-electron chi connectivity index (χ4n) is 5.64. The SMILES string of the molecule is COc1ccc(NC(=O)C23C[C@@H]4C[C@@H](CC(O)(C4)C2)C3)c(OC)c1. The maximum atomic E-state index is 13.1. The second kappa shape index (κ2) is 5.38. The van der Waals surface area contributed by atoms with Crippen LogP contribution < -0.4 is 14.8 Å². The van der Waals surface area contributed by atoms with Gasteiger partial charge in [0.2, 0.25) is 5.91 Å². The van der Waals surface area contributed by atoms with Crippen LogP contribution in [0.4, 0.5) is 5.69 Å². The Labute approximate surface area is 142 Å². The molecule has 0 heterocycles. The summed E-state index contributed by atoms with van der Waals surface area (Å²) in [5, 5.41) is 13.9. The Morgan fingerprint density at radius 3 is 2.46 bits per heavy atom. The molecular weight excluding hydrogens is 306 g/mol. The second-order valence-corrected chi connectivity index (χ2v) is 7.99. The van der Waals surface area contributed by atoms with E-state index in [0.29, 0.717) is 35.4 Å². The molecular formula is C19H25NO4. The highest BCUT2D eigenvalue weighted by Crippen LogP contribution is 2.61. The molecule has 5 heteroatoms. The van der Waals surface area contributed by atoms with Gasteiger partial charge in [0.15, 0.2) is 0 Å². The van der Waals surface area contributed by atoms with Crippen molar-refractivity contribution in [3.8, 4) is 11.5 Å². The van der Waals surface area contributed by atoms with Gasteiger partial charge in [-0.2, -0.15) is 0 Å². The molecule has 5 rings (SSSR count). The molecule has 0 radical (unpaired) electrons. The first kappa shape index (κ1) is 15.8. The van der Waals surface area contributed by atoms with E-state index in [9.17, 15) is 9.90 Å². The minimum absolute atomic E-state index is 0.0264. The summed E-state index contributed by atoms with van der Waals surface area (Å²) in [4.78, 5) is 13.1. The van der Waals surface area contributed by atoms with E-state index in [1.165, 1.54) is 6.42 Å². The maximum Gasteiger partial charge on any atom is 0.230 e. The van der Waals surface area contributed by atoms with Gasteiger partial charge in [0.25, 0.3) is 0 Å². The molecule has 4 atom stereocenters. The topological polar surface area (TPSA) is 67.8 Å². The third kappa shape index (κ3) is 2.46. The van der Waals surface area contributed by atoms with Crippen molar-refractivity contribution in [1.29, 1.82) is 0 Å². The van der Waals surface area contributed by atoms with Crippen molar-refractivity contribution in [2.45, 2.75) is 44.1 Å². The molecule has 0 saturated heterocycles. The number of rotatable bonds is 4. The van der Waals surface area contributed by atoms with Crippen LogP contribution in [0.15, 0.2) is 18.2 Å². The van der Waals surface area contributed by atoms with Gasteiger partial charge in [-0.05, 0) is 62.5 Å². The van der Waals surface area contributed by atoms with Crippen LogP contribution >= 0.6 is 0 Å². The van der Waals surface area contributed by atoms with Gasteiger partial charge in [0.05, 0.1) is 30.9 Å². The first-order valence-corrected chi connectivity index (χ1v) is 8.71. The van der Waals surface area contributed by atoms with E-state index in [4.69, 9.17) is 9.47 Å². The van der Waals surface area contributed by atoms with Gasteiger partial charge < -0.3 is 19.9 Å². The highest BCUT2D eigenvalue weighted by atomic mass is 16.5. The summed E-state index contributed by atoms with van der Waals surface area (Å²) >= 11 is 0. The van der Waals surface area contributed by atoms with Crippen LogP contribution in [-0.2, 0) is 4.79 Å². The number of hydrogen-bond acceptors (Lipinski definition) is 4. The van der Waals surface area contributed by atoms with E-state index in [1.54, 1.807) is 20.3 Å². The van der Waals surface area contributed by atoms with Crippen molar-refractivity contribution in [2.24, 2.45) is 17.3 Å². The number of anilines is 1. The van der Waals surface area contributed by atoms with Gasteiger partial charge in [-0.3, -0.25) is 4.79 Å². The van der Waals surface area contributed by atoms with E-state index >= 15 is 0 Å². The third-order valence-electron chi connectivity index (χ3n) is 6.17. The molecule has 1 aromatic carbocycles. The average Bonchev–Trinajstić information content (AvgIpc) is 2.52. The molecule has 0 aliphatic heterocycles. The minimum Gasteiger partial charge on any atom is -0.497 e. The molecule has 1 aromatic rings. The standard InChI is InChI=1S/C19H25NO4/c1-23-14-3-4-15(16(6-14)24-2)20-17(21)18-7-12-5-13(8-18)10-19(22,9-12)11-18/h3-4,6,12-13,22H,5,7-11H2,1-2H3,(H,20,21)/t12-,13+,18?,19?. The van der Waals surface area contributed by atoms with Crippen molar-refractivity contribution in [3.05, 3.63) is 18.2 Å². The van der Waals surface area contributed by atoms with E-state index < -0.39 is 11.0 Å². The number of aliphatic hydroxyl groups is 1. The summed E-state index contributed by atoms with van der Waals surface area (Å²) in [7, 11) is 3.18. The van der Waals surface area contributed by atoms with Gasteiger partial charge in [-0.15, -0.1) is 0 Å². The quantitative estimate of drug-likeness (QED) is 0.890. The Hall–Kier alpha value is -1.75. The Morgan fingerprint density at radius 1 is 1.17 bits per heavy atom. The highest BCUT2D eigenvalue weighted by Gasteiger charge is 2.60. The van der Waals surface area contributed by atoms with Gasteiger partial charge in [-0.25, -0.2) is 0 Å². The number of methoxy groups -OCH3 is 2. The number of benzene rings is 1. The van der Waals surface area contributed by atoms with Gasteiger partial charge in [0, 0.05) is 6.07 Å². The molecule has 0 aromatic heterocycles. The molecule has 4 aliphatic rings. The van der Waals surface area contributed by atoms with Gasteiger partial charge >= 0.3 is 0 Å². The zero-order chi connectivity index (χ0) is 16.9. The molecule has 4 bridgehead atoms. The number of nitrogens with one attached hydrogen (secondary N) is 1. The zero-order valence-corrected chi connectivity index (χ0v) is 14.3. The smallest absolute Gasteiger partial charge is 0.230 e. The van der Waals surface area contributed by atoms with Crippen LogP contribution in [0.3, 0.4) is 0 Å². The number of amides is 1. The van der Waals surface area contributed by atoms with Crippen molar-refractivity contribution in [1.82, 2.24) is 0 Å². The summed E-state index contributed by atoms with van der Waals surface area (Å²) in [5.74, 6) is 2.28. The Balaban J connectivity index is 1.59.